The highest BCUT2D eigenvalue weighted by Gasteiger charge is 2.35. The Bertz CT molecular complexity index is 1530. The molecule has 1 fully saturated rings. The van der Waals surface area contributed by atoms with E-state index in [2.05, 4.69) is 5.32 Å². The maximum Gasteiger partial charge on any atom is 0.419 e. The molecular weight excluding hydrogens is 564 g/mol. The topological polar surface area (TPSA) is 120 Å². The molecule has 1 aromatic heterocycles. The molecule has 1 aliphatic heterocycles. The maximum absolute atomic E-state index is 13.6. The highest BCUT2D eigenvalue weighted by molar-refractivity contribution is 8.26. The van der Waals surface area contributed by atoms with Gasteiger partial charge in [-0.3, -0.25) is 14.5 Å². The van der Waals surface area contributed by atoms with Crippen LogP contribution in [0.4, 0.5) is 23.2 Å². The molecule has 0 spiro atoms. The molecule has 3 aromatic rings. The van der Waals surface area contributed by atoms with Crippen LogP contribution in [0.1, 0.15) is 28.1 Å². The molecule has 8 nitrogen and oxygen atoms in total. The first-order valence-corrected chi connectivity index (χ1v) is 12.1. The number of carbonyl (C=O) groups excluding carboxylic acids is 2. The standard InChI is InChI=1S/C25H16F4N2O6S2/c26-17-5-1-12(9-16(17)25(27,28)29)19-6-3-14(37-19)11-20-22(34)31(24(38)39-20)8-7-21(33)30-13-2-4-15(23(35)36)18(32)10-13/h1-6,9-11,32H,7-8H2,(H,30,33)(H,35,36)/b20-11-. The van der Waals surface area contributed by atoms with Gasteiger partial charge in [-0.05, 0) is 42.5 Å². The summed E-state index contributed by atoms with van der Waals surface area (Å²) in [4.78, 5) is 37.5. The third-order valence-corrected chi connectivity index (χ3v) is 6.78. The Balaban J connectivity index is 1.40. The minimum atomic E-state index is -4.88. The van der Waals surface area contributed by atoms with Gasteiger partial charge in [0.25, 0.3) is 5.91 Å². The quantitative estimate of drug-likeness (QED) is 0.184. The molecule has 0 radical (unpaired) electrons. The van der Waals surface area contributed by atoms with Crippen molar-refractivity contribution in [2.75, 3.05) is 11.9 Å². The van der Waals surface area contributed by atoms with Crippen LogP contribution in [0.2, 0.25) is 0 Å². The number of thioether (sulfide) groups is 1. The molecule has 4 rings (SSSR count). The number of thiocarbonyl (C=S) groups is 1. The Hall–Kier alpha value is -4.17. The monoisotopic (exact) mass is 580 g/mol. The Morgan fingerprint density at radius 3 is 2.54 bits per heavy atom. The van der Waals surface area contributed by atoms with Crippen molar-refractivity contribution in [1.82, 2.24) is 4.90 Å². The van der Waals surface area contributed by atoms with Crippen molar-refractivity contribution in [3.05, 3.63) is 76.1 Å². The molecule has 0 bridgehead atoms. The molecule has 3 N–H and O–H groups in total. The van der Waals surface area contributed by atoms with Crippen LogP contribution in [0.25, 0.3) is 17.4 Å². The van der Waals surface area contributed by atoms with E-state index in [9.17, 15) is 37.1 Å². The SMILES string of the molecule is O=C(CCN1C(=O)/C(=C/c2ccc(-c3ccc(F)c(C(F)(F)F)c3)o2)SC1=S)Nc1ccc(C(=O)O)c(O)c1. The maximum atomic E-state index is 13.6. The van der Waals surface area contributed by atoms with E-state index in [1.165, 1.54) is 29.2 Å². The van der Waals surface area contributed by atoms with Crippen molar-refractivity contribution in [3.63, 3.8) is 0 Å². The number of benzene rings is 2. The van der Waals surface area contributed by atoms with Crippen molar-refractivity contribution < 1.29 is 46.6 Å². The van der Waals surface area contributed by atoms with Gasteiger partial charge in [0.05, 0.1) is 10.5 Å². The number of furan rings is 1. The molecule has 0 unspecified atom stereocenters. The molecule has 39 heavy (non-hydrogen) atoms. The summed E-state index contributed by atoms with van der Waals surface area (Å²) in [6.45, 7) is -0.0771. The summed E-state index contributed by atoms with van der Waals surface area (Å²) in [5.74, 6) is -4.13. The summed E-state index contributed by atoms with van der Waals surface area (Å²) in [6.07, 6.45) is -3.70. The Kier molecular flexibility index (Phi) is 7.79. The number of phenols is 1. The van der Waals surface area contributed by atoms with Crippen LogP contribution >= 0.6 is 24.0 Å². The second-order valence-corrected chi connectivity index (χ2v) is 9.74. The molecule has 0 aliphatic carbocycles. The van der Waals surface area contributed by atoms with Gasteiger partial charge in [0, 0.05) is 36.4 Å². The van der Waals surface area contributed by atoms with Crippen LogP contribution in [0.3, 0.4) is 0 Å². The van der Waals surface area contributed by atoms with Crippen LogP contribution in [0.15, 0.2) is 57.9 Å². The number of carbonyl (C=O) groups is 3. The Labute approximate surface area is 226 Å². The van der Waals surface area contributed by atoms with Gasteiger partial charge in [0.2, 0.25) is 5.91 Å². The summed E-state index contributed by atoms with van der Waals surface area (Å²) in [5.41, 5.74) is -1.61. The van der Waals surface area contributed by atoms with E-state index in [-0.39, 0.29) is 50.5 Å². The van der Waals surface area contributed by atoms with Crippen molar-refractivity contribution in [1.29, 1.82) is 0 Å². The van der Waals surface area contributed by atoms with Crippen molar-refractivity contribution >= 4 is 57.8 Å². The lowest BCUT2D eigenvalue weighted by Crippen LogP contribution is -2.31. The molecular formula is C25H16F4N2O6S2. The summed E-state index contributed by atoms with van der Waals surface area (Å²) in [5, 5.41) is 21.2. The number of alkyl halides is 3. The average molecular weight is 581 g/mol. The lowest BCUT2D eigenvalue weighted by molar-refractivity contribution is -0.140. The normalized spacial score (nSPS) is 14.8. The van der Waals surface area contributed by atoms with E-state index < -0.39 is 41.1 Å². The zero-order valence-electron chi connectivity index (χ0n) is 19.4. The number of amides is 2. The predicted octanol–water partition coefficient (Wildman–Crippen LogP) is 5.74. The molecule has 0 atom stereocenters. The summed E-state index contributed by atoms with van der Waals surface area (Å²) >= 11 is 6.17. The van der Waals surface area contributed by atoms with Crippen LogP contribution in [0, 0.1) is 5.82 Å². The molecule has 14 heteroatoms. The van der Waals surface area contributed by atoms with E-state index in [1.54, 1.807) is 0 Å². The number of hydrogen-bond acceptors (Lipinski definition) is 7. The number of carboxylic acid groups (broad SMARTS) is 1. The number of halogens is 4. The average Bonchev–Trinajstić information content (AvgIpc) is 3.41. The minimum Gasteiger partial charge on any atom is -0.507 e. The highest BCUT2D eigenvalue weighted by Crippen LogP contribution is 2.36. The first kappa shape index (κ1) is 27.9. The van der Waals surface area contributed by atoms with Gasteiger partial charge in [0.15, 0.2) is 0 Å². The van der Waals surface area contributed by atoms with Crippen LogP contribution < -0.4 is 5.32 Å². The fourth-order valence-electron chi connectivity index (χ4n) is 3.53. The molecule has 2 amide bonds. The van der Waals surface area contributed by atoms with Crippen molar-refractivity contribution in [2.45, 2.75) is 12.6 Å². The van der Waals surface area contributed by atoms with E-state index in [1.807, 2.05) is 0 Å². The molecule has 2 heterocycles. The molecule has 0 saturated carbocycles. The first-order chi connectivity index (χ1) is 18.3. The number of aromatic carboxylic acids is 1. The van der Waals surface area contributed by atoms with Gasteiger partial charge in [-0.25, -0.2) is 9.18 Å². The van der Waals surface area contributed by atoms with E-state index in [4.69, 9.17) is 21.7 Å². The number of hydrogen-bond donors (Lipinski definition) is 3. The fraction of sp³-hybridized carbons (Fsp3) is 0.120. The van der Waals surface area contributed by atoms with Gasteiger partial charge in [-0.15, -0.1) is 0 Å². The van der Waals surface area contributed by atoms with Gasteiger partial charge >= 0.3 is 12.1 Å². The largest absolute Gasteiger partial charge is 0.507 e. The Morgan fingerprint density at radius 2 is 1.87 bits per heavy atom. The Morgan fingerprint density at radius 1 is 1.13 bits per heavy atom. The van der Waals surface area contributed by atoms with Crippen LogP contribution in [0.5, 0.6) is 5.75 Å². The number of carboxylic acids is 1. The van der Waals surface area contributed by atoms with E-state index >= 15 is 0 Å². The molecule has 2 aromatic carbocycles. The zero-order chi connectivity index (χ0) is 28.5. The third kappa shape index (κ3) is 6.29. The highest BCUT2D eigenvalue weighted by atomic mass is 32.2. The zero-order valence-corrected chi connectivity index (χ0v) is 21.0. The number of rotatable bonds is 7. The molecule has 1 saturated heterocycles. The van der Waals surface area contributed by atoms with Gasteiger partial charge in [0.1, 0.15) is 33.0 Å². The number of anilines is 1. The van der Waals surface area contributed by atoms with Gasteiger partial charge < -0.3 is 19.9 Å². The first-order valence-electron chi connectivity index (χ1n) is 10.9. The van der Waals surface area contributed by atoms with Gasteiger partial charge in [-0.2, -0.15) is 13.2 Å². The van der Waals surface area contributed by atoms with Crippen LogP contribution in [-0.2, 0) is 15.8 Å². The third-order valence-electron chi connectivity index (χ3n) is 5.40. The lowest BCUT2D eigenvalue weighted by atomic mass is 10.1. The summed E-state index contributed by atoms with van der Waals surface area (Å²) in [6, 6.07) is 8.78. The second kappa shape index (κ2) is 10.9. The number of nitrogens with one attached hydrogen (secondary N) is 1. The second-order valence-electron chi connectivity index (χ2n) is 8.06. The number of nitrogens with zero attached hydrogens (tertiary/aromatic N) is 1. The number of aromatic hydroxyl groups is 1. The molecule has 202 valence electrons. The van der Waals surface area contributed by atoms with Gasteiger partial charge in [-0.1, -0.05) is 24.0 Å². The minimum absolute atomic E-state index is 0.00662. The predicted molar refractivity (Wildman–Crippen MR) is 137 cm³/mol. The van der Waals surface area contributed by atoms with E-state index in [0.29, 0.717) is 12.1 Å². The lowest BCUT2D eigenvalue weighted by Gasteiger charge is -2.14. The summed E-state index contributed by atoms with van der Waals surface area (Å²) in [7, 11) is 0. The van der Waals surface area contributed by atoms with Crippen LogP contribution in [-0.4, -0.2) is 43.8 Å². The summed E-state index contributed by atoms with van der Waals surface area (Å²) < 4.78 is 58.4. The van der Waals surface area contributed by atoms with Crippen molar-refractivity contribution in [2.24, 2.45) is 0 Å². The molecule has 1 aliphatic rings. The van der Waals surface area contributed by atoms with E-state index in [0.717, 1.165) is 30.0 Å². The fourth-order valence-corrected chi connectivity index (χ4v) is 4.82. The van der Waals surface area contributed by atoms with Crippen molar-refractivity contribution in [3.8, 4) is 17.1 Å². The smallest absolute Gasteiger partial charge is 0.419 e.